The van der Waals surface area contributed by atoms with E-state index < -0.39 is 15.9 Å². The largest absolute Gasteiger partial charge is 0.380 e. The van der Waals surface area contributed by atoms with Crippen LogP contribution in [0.5, 0.6) is 0 Å². The van der Waals surface area contributed by atoms with E-state index in [2.05, 4.69) is 10.6 Å². The zero-order valence-corrected chi connectivity index (χ0v) is 14.4. The molecule has 24 heavy (non-hydrogen) atoms. The highest BCUT2D eigenvalue weighted by Crippen LogP contribution is 2.34. The molecule has 0 saturated carbocycles. The Labute approximate surface area is 145 Å². The van der Waals surface area contributed by atoms with Gasteiger partial charge in [0.15, 0.2) is 0 Å². The van der Waals surface area contributed by atoms with Crippen molar-refractivity contribution in [3.05, 3.63) is 58.6 Å². The average molecular weight is 366 g/mol. The number of halogens is 1. The van der Waals surface area contributed by atoms with Crippen molar-refractivity contribution in [3.63, 3.8) is 0 Å². The second kappa shape index (κ2) is 6.08. The number of primary sulfonamides is 1. The lowest BCUT2D eigenvalue weighted by molar-refractivity contribution is 0.0934. The Kier molecular flexibility index (Phi) is 4.25. The van der Waals surface area contributed by atoms with Crippen molar-refractivity contribution in [2.24, 2.45) is 5.14 Å². The third kappa shape index (κ3) is 3.10. The maximum atomic E-state index is 12.5. The minimum absolute atomic E-state index is 0.0105. The van der Waals surface area contributed by atoms with Crippen LogP contribution < -0.4 is 15.8 Å². The molecule has 0 bridgehead atoms. The van der Waals surface area contributed by atoms with Crippen molar-refractivity contribution in [2.45, 2.75) is 23.9 Å². The predicted molar refractivity (Wildman–Crippen MR) is 92.6 cm³/mol. The summed E-state index contributed by atoms with van der Waals surface area (Å²) >= 11 is 5.85. The number of sulfonamides is 1. The van der Waals surface area contributed by atoms with Gasteiger partial charge in [0.1, 0.15) is 4.90 Å². The van der Waals surface area contributed by atoms with Crippen LogP contribution in [0.3, 0.4) is 0 Å². The van der Waals surface area contributed by atoms with E-state index in [1.54, 1.807) is 0 Å². The Morgan fingerprint density at radius 1 is 1.25 bits per heavy atom. The summed E-state index contributed by atoms with van der Waals surface area (Å²) in [5.41, 5.74) is 2.13. The molecule has 1 aliphatic rings. The zero-order valence-electron chi connectivity index (χ0n) is 12.8. The van der Waals surface area contributed by atoms with Crippen molar-refractivity contribution >= 4 is 33.2 Å². The summed E-state index contributed by atoms with van der Waals surface area (Å²) in [5, 5.41) is 11.3. The van der Waals surface area contributed by atoms with Crippen molar-refractivity contribution in [3.8, 4) is 0 Å². The second-order valence-corrected chi connectivity index (χ2v) is 7.60. The Bertz CT molecular complexity index is 915. The molecule has 8 heteroatoms. The molecule has 0 saturated heterocycles. The monoisotopic (exact) mass is 365 g/mol. The van der Waals surface area contributed by atoms with E-state index in [-0.39, 0.29) is 27.6 Å². The summed E-state index contributed by atoms with van der Waals surface area (Å²) < 4.78 is 23.1. The highest BCUT2D eigenvalue weighted by Gasteiger charge is 2.30. The fourth-order valence-corrected chi connectivity index (χ4v) is 3.86. The van der Waals surface area contributed by atoms with Crippen LogP contribution >= 0.6 is 11.6 Å². The van der Waals surface area contributed by atoms with Crippen LogP contribution in [0.25, 0.3) is 0 Å². The first kappa shape index (κ1) is 16.8. The fourth-order valence-electron chi connectivity index (χ4n) is 2.79. The van der Waals surface area contributed by atoms with E-state index in [4.69, 9.17) is 16.7 Å². The molecule has 0 aliphatic carbocycles. The molecule has 1 aliphatic heterocycles. The van der Waals surface area contributed by atoms with E-state index >= 15 is 0 Å². The van der Waals surface area contributed by atoms with Crippen molar-refractivity contribution in [1.82, 2.24) is 5.32 Å². The van der Waals surface area contributed by atoms with Crippen LogP contribution in [0.15, 0.2) is 47.4 Å². The Morgan fingerprint density at radius 3 is 2.67 bits per heavy atom. The summed E-state index contributed by atoms with van der Waals surface area (Å²) in [4.78, 5) is 12.3. The SMILES string of the molecule is CC1Nc2ccccc2C1NC(=O)c1ccc(Cl)c(S(N)(=O)=O)c1. The standard InChI is InChI=1S/C16H16ClN3O3S/c1-9-15(11-4-2-3-5-13(11)19-9)20-16(21)10-6-7-12(17)14(8-10)24(18,22)23/h2-9,15,19H,1H3,(H,20,21)(H2,18,22,23). The Hall–Kier alpha value is -2.09. The van der Waals surface area contributed by atoms with Gasteiger partial charge in [-0.2, -0.15) is 0 Å². The molecule has 2 aromatic carbocycles. The van der Waals surface area contributed by atoms with Crippen LogP contribution in [0, 0.1) is 0 Å². The van der Waals surface area contributed by atoms with Gasteiger partial charge in [0.05, 0.1) is 11.1 Å². The van der Waals surface area contributed by atoms with E-state index in [1.165, 1.54) is 18.2 Å². The number of hydrogen-bond donors (Lipinski definition) is 3. The lowest BCUT2D eigenvalue weighted by atomic mass is 10.0. The Balaban J connectivity index is 1.89. The maximum absolute atomic E-state index is 12.5. The number of amides is 1. The number of rotatable bonds is 3. The minimum Gasteiger partial charge on any atom is -0.380 e. The molecule has 126 valence electrons. The van der Waals surface area contributed by atoms with E-state index in [0.717, 1.165) is 11.3 Å². The number of nitrogens with two attached hydrogens (primary N) is 1. The first-order valence-corrected chi connectivity index (χ1v) is 9.18. The average Bonchev–Trinajstić information content (AvgIpc) is 2.82. The molecule has 2 unspecified atom stereocenters. The third-order valence-electron chi connectivity index (χ3n) is 3.97. The number of fused-ring (bicyclic) bond motifs is 1. The second-order valence-electron chi connectivity index (χ2n) is 5.66. The highest BCUT2D eigenvalue weighted by atomic mass is 35.5. The van der Waals surface area contributed by atoms with Crippen molar-refractivity contribution in [1.29, 1.82) is 0 Å². The number of benzene rings is 2. The molecule has 2 aromatic rings. The lowest BCUT2D eigenvalue weighted by Crippen LogP contribution is -2.34. The van der Waals surface area contributed by atoms with Crippen LogP contribution in [-0.4, -0.2) is 20.4 Å². The molecule has 0 spiro atoms. The molecule has 2 atom stereocenters. The molecule has 3 rings (SSSR count). The van der Waals surface area contributed by atoms with Gasteiger partial charge in [0.2, 0.25) is 10.0 Å². The van der Waals surface area contributed by atoms with Gasteiger partial charge in [-0.05, 0) is 36.8 Å². The van der Waals surface area contributed by atoms with Gasteiger partial charge < -0.3 is 10.6 Å². The zero-order chi connectivity index (χ0) is 17.5. The van der Waals surface area contributed by atoms with Gasteiger partial charge >= 0.3 is 0 Å². The normalized spacial score (nSPS) is 19.5. The fraction of sp³-hybridized carbons (Fsp3) is 0.188. The van der Waals surface area contributed by atoms with Gasteiger partial charge in [-0.1, -0.05) is 29.8 Å². The molecule has 0 radical (unpaired) electrons. The van der Waals surface area contributed by atoms with Gasteiger partial charge in [0.25, 0.3) is 5.91 Å². The number of carbonyl (C=O) groups is 1. The van der Waals surface area contributed by atoms with Crippen LogP contribution in [0.2, 0.25) is 5.02 Å². The highest BCUT2D eigenvalue weighted by molar-refractivity contribution is 7.89. The summed E-state index contributed by atoms with van der Waals surface area (Å²) in [7, 11) is -4.00. The predicted octanol–water partition coefficient (Wildman–Crippen LogP) is 2.27. The third-order valence-corrected chi connectivity index (χ3v) is 5.36. The molecule has 0 fully saturated rings. The van der Waals surface area contributed by atoms with Gasteiger partial charge in [-0.25, -0.2) is 13.6 Å². The topological polar surface area (TPSA) is 101 Å². The first-order chi connectivity index (χ1) is 11.3. The van der Waals surface area contributed by atoms with Gasteiger partial charge in [0, 0.05) is 17.3 Å². The molecule has 4 N–H and O–H groups in total. The Morgan fingerprint density at radius 2 is 1.96 bits per heavy atom. The van der Waals surface area contributed by atoms with Crippen LogP contribution in [-0.2, 0) is 10.0 Å². The quantitative estimate of drug-likeness (QED) is 0.776. The summed E-state index contributed by atoms with van der Waals surface area (Å²) in [6.45, 7) is 1.96. The number of hydrogen-bond acceptors (Lipinski definition) is 4. The first-order valence-electron chi connectivity index (χ1n) is 7.26. The number of nitrogens with one attached hydrogen (secondary N) is 2. The van der Waals surface area contributed by atoms with Crippen LogP contribution in [0.1, 0.15) is 28.9 Å². The smallest absolute Gasteiger partial charge is 0.251 e. The van der Waals surface area contributed by atoms with Gasteiger partial charge in [-0.3, -0.25) is 4.79 Å². The maximum Gasteiger partial charge on any atom is 0.251 e. The number of para-hydroxylation sites is 1. The lowest BCUT2D eigenvalue weighted by Gasteiger charge is -2.18. The van der Waals surface area contributed by atoms with E-state index in [9.17, 15) is 13.2 Å². The van der Waals surface area contributed by atoms with E-state index in [0.29, 0.717) is 0 Å². The van der Waals surface area contributed by atoms with E-state index in [1.807, 2.05) is 31.2 Å². The molecular formula is C16H16ClN3O3S. The number of anilines is 1. The summed E-state index contributed by atoms with van der Waals surface area (Å²) in [5.74, 6) is -0.396. The molecule has 0 aromatic heterocycles. The van der Waals surface area contributed by atoms with Gasteiger partial charge in [-0.15, -0.1) is 0 Å². The summed E-state index contributed by atoms with van der Waals surface area (Å²) in [6, 6.07) is 11.5. The van der Waals surface area contributed by atoms with Crippen molar-refractivity contribution < 1.29 is 13.2 Å². The van der Waals surface area contributed by atoms with Crippen molar-refractivity contribution in [2.75, 3.05) is 5.32 Å². The number of carbonyl (C=O) groups excluding carboxylic acids is 1. The molecular weight excluding hydrogens is 350 g/mol. The molecule has 1 heterocycles. The van der Waals surface area contributed by atoms with Crippen LogP contribution in [0.4, 0.5) is 5.69 Å². The summed E-state index contributed by atoms with van der Waals surface area (Å²) in [6.07, 6.45) is 0. The minimum atomic E-state index is -4.00. The molecule has 6 nitrogen and oxygen atoms in total. The molecule has 1 amide bonds.